The molecule has 3 nitrogen and oxygen atoms in total. The third-order valence-electron chi connectivity index (χ3n) is 4.29. The molecule has 0 aromatic heterocycles. The molecule has 2 rings (SSSR count). The Bertz CT molecular complexity index is 513. The van der Waals surface area contributed by atoms with Gasteiger partial charge in [0, 0.05) is 6.04 Å². The van der Waals surface area contributed by atoms with Gasteiger partial charge in [0.25, 0.3) is 5.91 Å². The maximum atomic E-state index is 13.9. The van der Waals surface area contributed by atoms with Gasteiger partial charge in [-0.25, -0.2) is 8.78 Å². The normalized spacial score (nSPS) is 17.5. The molecule has 0 saturated heterocycles. The first-order valence-corrected chi connectivity index (χ1v) is 7.58. The largest absolute Gasteiger partial charge is 0.396 e. The summed E-state index contributed by atoms with van der Waals surface area (Å²) in [4.78, 5) is 12.2. The fourth-order valence-electron chi connectivity index (χ4n) is 3.11. The van der Waals surface area contributed by atoms with Crippen molar-refractivity contribution in [2.75, 3.05) is 5.73 Å². The summed E-state index contributed by atoms with van der Waals surface area (Å²) in [5, 5.41) is 2.85. The van der Waals surface area contributed by atoms with Crippen LogP contribution in [0.5, 0.6) is 0 Å². The predicted molar refractivity (Wildman–Crippen MR) is 78.9 cm³/mol. The Balaban J connectivity index is 2.12. The van der Waals surface area contributed by atoms with Gasteiger partial charge in [0.2, 0.25) is 0 Å². The number of hydrogen-bond donors (Lipinski definition) is 2. The lowest BCUT2D eigenvalue weighted by Gasteiger charge is -2.30. The Morgan fingerprint density at radius 2 is 2.00 bits per heavy atom. The van der Waals surface area contributed by atoms with Gasteiger partial charge in [-0.15, -0.1) is 0 Å². The van der Waals surface area contributed by atoms with Crippen molar-refractivity contribution in [3.8, 4) is 0 Å². The van der Waals surface area contributed by atoms with Crippen LogP contribution in [-0.2, 0) is 0 Å². The van der Waals surface area contributed by atoms with E-state index in [2.05, 4.69) is 5.32 Å². The van der Waals surface area contributed by atoms with E-state index in [0.717, 1.165) is 44.2 Å². The highest BCUT2D eigenvalue weighted by atomic mass is 19.1. The summed E-state index contributed by atoms with van der Waals surface area (Å²) in [6.45, 7) is 2.00. The molecule has 1 aliphatic rings. The number of rotatable bonds is 4. The quantitative estimate of drug-likeness (QED) is 0.834. The van der Waals surface area contributed by atoms with Crippen molar-refractivity contribution in [2.24, 2.45) is 5.92 Å². The lowest BCUT2D eigenvalue weighted by Crippen LogP contribution is -2.41. The number of amides is 1. The first kappa shape index (κ1) is 15.7. The number of nitrogen functional groups attached to an aromatic ring is 1. The smallest absolute Gasteiger partial charge is 0.254 e. The van der Waals surface area contributed by atoms with E-state index in [1.807, 2.05) is 6.92 Å². The van der Waals surface area contributed by atoms with Crippen molar-refractivity contribution < 1.29 is 13.6 Å². The van der Waals surface area contributed by atoms with E-state index in [9.17, 15) is 13.6 Å². The molecule has 1 amide bonds. The van der Waals surface area contributed by atoms with Crippen molar-refractivity contribution in [1.29, 1.82) is 0 Å². The Kier molecular flexibility index (Phi) is 5.15. The lowest BCUT2D eigenvalue weighted by atomic mass is 9.83. The van der Waals surface area contributed by atoms with E-state index in [4.69, 9.17) is 5.73 Å². The first-order chi connectivity index (χ1) is 10.0. The second kappa shape index (κ2) is 6.87. The van der Waals surface area contributed by atoms with Gasteiger partial charge in [0.15, 0.2) is 5.82 Å². The molecule has 0 heterocycles. The Morgan fingerprint density at radius 3 is 2.62 bits per heavy atom. The molecule has 1 fully saturated rings. The average molecular weight is 296 g/mol. The summed E-state index contributed by atoms with van der Waals surface area (Å²) in [5.74, 6) is -1.73. The van der Waals surface area contributed by atoms with Crippen LogP contribution < -0.4 is 11.1 Å². The summed E-state index contributed by atoms with van der Waals surface area (Å²) in [6.07, 6.45) is 6.49. The van der Waals surface area contributed by atoms with Crippen LogP contribution in [0, 0.1) is 17.6 Å². The van der Waals surface area contributed by atoms with E-state index < -0.39 is 17.5 Å². The fraction of sp³-hybridized carbons (Fsp3) is 0.562. The molecule has 1 aromatic carbocycles. The van der Waals surface area contributed by atoms with Gasteiger partial charge in [-0.2, -0.15) is 0 Å². The van der Waals surface area contributed by atoms with Crippen molar-refractivity contribution in [1.82, 2.24) is 5.32 Å². The van der Waals surface area contributed by atoms with Crippen LogP contribution in [0.15, 0.2) is 12.1 Å². The number of anilines is 1. The number of nitrogens with one attached hydrogen (secondary N) is 1. The van der Waals surface area contributed by atoms with Crippen LogP contribution in [-0.4, -0.2) is 11.9 Å². The molecular formula is C16H22F2N2O. The molecule has 21 heavy (non-hydrogen) atoms. The van der Waals surface area contributed by atoms with Crippen LogP contribution in [0.2, 0.25) is 0 Å². The van der Waals surface area contributed by atoms with Gasteiger partial charge < -0.3 is 11.1 Å². The SMILES string of the molecule is CCC(NC(=O)c1cc(F)cc(N)c1F)C1CCCCC1. The molecule has 5 heteroatoms. The molecule has 0 radical (unpaired) electrons. The number of hydrogen-bond acceptors (Lipinski definition) is 2. The third-order valence-corrected chi connectivity index (χ3v) is 4.29. The number of carbonyl (C=O) groups is 1. The Labute approximate surface area is 123 Å². The monoisotopic (exact) mass is 296 g/mol. The van der Waals surface area contributed by atoms with Gasteiger partial charge in [0.1, 0.15) is 5.82 Å². The fourth-order valence-corrected chi connectivity index (χ4v) is 3.11. The highest BCUT2D eigenvalue weighted by Gasteiger charge is 2.25. The van der Waals surface area contributed by atoms with Crippen LogP contribution >= 0.6 is 0 Å². The number of nitrogens with two attached hydrogens (primary N) is 1. The number of halogens is 2. The molecule has 1 aromatic rings. The lowest BCUT2D eigenvalue weighted by molar-refractivity contribution is 0.0906. The van der Waals surface area contributed by atoms with Crippen molar-refractivity contribution in [3.63, 3.8) is 0 Å². The van der Waals surface area contributed by atoms with Crippen LogP contribution in [0.4, 0.5) is 14.5 Å². The summed E-state index contributed by atoms with van der Waals surface area (Å²) in [6, 6.07) is 1.78. The molecular weight excluding hydrogens is 274 g/mol. The predicted octanol–water partition coefficient (Wildman–Crippen LogP) is 3.64. The summed E-state index contributed by atoms with van der Waals surface area (Å²) in [5.41, 5.74) is 4.71. The summed E-state index contributed by atoms with van der Waals surface area (Å²) in [7, 11) is 0. The minimum absolute atomic E-state index is 0.00157. The maximum Gasteiger partial charge on any atom is 0.254 e. The molecule has 0 bridgehead atoms. The molecule has 0 spiro atoms. The highest BCUT2D eigenvalue weighted by Crippen LogP contribution is 2.28. The van der Waals surface area contributed by atoms with Crippen molar-refractivity contribution in [3.05, 3.63) is 29.3 Å². The Hall–Kier alpha value is -1.65. The van der Waals surface area contributed by atoms with Crippen molar-refractivity contribution in [2.45, 2.75) is 51.5 Å². The topological polar surface area (TPSA) is 55.1 Å². The van der Waals surface area contributed by atoms with Crippen LogP contribution in [0.1, 0.15) is 55.8 Å². The van der Waals surface area contributed by atoms with Gasteiger partial charge in [-0.05, 0) is 37.3 Å². The standard InChI is InChI=1S/C16H22F2N2O/c1-2-14(10-6-4-3-5-7-10)20-16(21)12-8-11(17)9-13(19)15(12)18/h8-10,14H,2-7,19H2,1H3,(H,20,21). The zero-order valence-electron chi connectivity index (χ0n) is 12.3. The average Bonchev–Trinajstić information content (AvgIpc) is 2.49. The second-order valence-electron chi connectivity index (χ2n) is 5.74. The summed E-state index contributed by atoms with van der Waals surface area (Å²) >= 11 is 0. The van der Waals surface area contributed by atoms with Gasteiger partial charge >= 0.3 is 0 Å². The molecule has 3 N–H and O–H groups in total. The van der Waals surface area contributed by atoms with Gasteiger partial charge in [-0.1, -0.05) is 26.2 Å². The zero-order valence-corrected chi connectivity index (χ0v) is 12.3. The van der Waals surface area contributed by atoms with Gasteiger partial charge in [-0.3, -0.25) is 4.79 Å². The summed E-state index contributed by atoms with van der Waals surface area (Å²) < 4.78 is 27.2. The molecule has 1 aliphatic carbocycles. The first-order valence-electron chi connectivity index (χ1n) is 7.58. The van der Waals surface area contributed by atoms with Crippen LogP contribution in [0.3, 0.4) is 0 Å². The van der Waals surface area contributed by atoms with E-state index in [1.54, 1.807) is 0 Å². The van der Waals surface area contributed by atoms with E-state index in [0.29, 0.717) is 5.92 Å². The molecule has 1 unspecified atom stereocenters. The maximum absolute atomic E-state index is 13.9. The highest BCUT2D eigenvalue weighted by molar-refractivity contribution is 5.95. The number of carbonyl (C=O) groups excluding carboxylic acids is 1. The third kappa shape index (κ3) is 3.71. The minimum atomic E-state index is -0.854. The van der Waals surface area contributed by atoms with E-state index in [-0.39, 0.29) is 17.3 Å². The van der Waals surface area contributed by atoms with Crippen LogP contribution in [0.25, 0.3) is 0 Å². The molecule has 0 aliphatic heterocycles. The molecule has 116 valence electrons. The van der Waals surface area contributed by atoms with Crippen molar-refractivity contribution >= 4 is 11.6 Å². The minimum Gasteiger partial charge on any atom is -0.396 e. The second-order valence-corrected chi connectivity index (χ2v) is 5.74. The van der Waals surface area contributed by atoms with E-state index >= 15 is 0 Å². The number of benzene rings is 1. The van der Waals surface area contributed by atoms with E-state index in [1.165, 1.54) is 6.42 Å². The molecule has 1 saturated carbocycles. The molecule has 1 atom stereocenters. The Morgan fingerprint density at radius 1 is 1.33 bits per heavy atom. The zero-order chi connectivity index (χ0) is 15.4. The van der Waals surface area contributed by atoms with Gasteiger partial charge in [0.05, 0.1) is 11.3 Å².